The Morgan fingerprint density at radius 2 is 2.15 bits per heavy atom. The fraction of sp³-hybridized carbons (Fsp3) is 0.889. The fourth-order valence-corrected chi connectivity index (χ4v) is 0.824. The molecule has 0 aliphatic heterocycles. The van der Waals surface area contributed by atoms with Crippen LogP contribution in [-0.2, 0) is 4.79 Å². The zero-order valence-corrected chi connectivity index (χ0v) is 8.22. The van der Waals surface area contributed by atoms with E-state index in [4.69, 9.17) is 0 Å². The average Bonchev–Trinajstić information content (AvgIpc) is 2.10. The Hall–Kier alpha value is -0.640. The molecule has 0 aromatic heterocycles. The minimum absolute atomic E-state index is 0.195. The summed E-state index contributed by atoms with van der Waals surface area (Å²) < 4.78 is 11.7. The van der Waals surface area contributed by atoms with Crippen LogP contribution in [0.4, 0.5) is 4.39 Å². The van der Waals surface area contributed by atoms with Gasteiger partial charge < -0.3 is 10.4 Å². The molecule has 0 aromatic rings. The molecule has 0 aliphatic rings. The van der Waals surface area contributed by atoms with E-state index in [9.17, 15) is 14.3 Å². The van der Waals surface area contributed by atoms with Crippen LogP contribution in [0, 0.1) is 5.92 Å². The second-order valence-electron chi connectivity index (χ2n) is 3.49. The highest BCUT2D eigenvalue weighted by molar-refractivity contribution is 5.80. The molecule has 0 aliphatic carbocycles. The molecule has 13 heavy (non-hydrogen) atoms. The van der Waals surface area contributed by atoms with Gasteiger partial charge in [-0.15, -0.1) is 0 Å². The number of halogens is 1. The second kappa shape index (κ2) is 6.83. The van der Waals surface area contributed by atoms with Crippen molar-refractivity contribution in [2.75, 3.05) is 13.2 Å². The minimum atomic E-state index is -1.06. The molecule has 0 rings (SSSR count). The number of carbonyl (C=O) groups is 1. The third-order valence-corrected chi connectivity index (χ3v) is 1.60. The molecular formula is C9H18FNO2. The minimum Gasteiger partial charge on any atom is -0.383 e. The maximum Gasteiger partial charge on any atom is 0.248 e. The largest absolute Gasteiger partial charge is 0.383 e. The van der Waals surface area contributed by atoms with Gasteiger partial charge in [-0.05, 0) is 18.8 Å². The summed E-state index contributed by atoms with van der Waals surface area (Å²) in [6, 6.07) is 0. The van der Waals surface area contributed by atoms with Crippen LogP contribution in [0.3, 0.4) is 0 Å². The van der Waals surface area contributed by atoms with Crippen molar-refractivity contribution in [1.29, 1.82) is 0 Å². The van der Waals surface area contributed by atoms with Crippen molar-refractivity contribution in [2.24, 2.45) is 5.92 Å². The maximum absolute atomic E-state index is 11.7. The molecule has 0 saturated heterocycles. The Bertz CT molecular complexity index is 151. The van der Waals surface area contributed by atoms with E-state index in [1.54, 1.807) is 0 Å². The highest BCUT2D eigenvalue weighted by Crippen LogP contribution is 1.98. The SMILES string of the molecule is CC(C)CNC(=O)[C@@H](O)CCCF. The molecular weight excluding hydrogens is 173 g/mol. The summed E-state index contributed by atoms with van der Waals surface area (Å²) >= 11 is 0. The van der Waals surface area contributed by atoms with Crippen LogP contribution >= 0.6 is 0 Å². The first-order valence-electron chi connectivity index (χ1n) is 4.59. The Kier molecular flexibility index (Phi) is 6.49. The summed E-state index contributed by atoms with van der Waals surface area (Å²) in [6.45, 7) is 3.99. The zero-order valence-electron chi connectivity index (χ0n) is 8.22. The van der Waals surface area contributed by atoms with E-state index >= 15 is 0 Å². The van der Waals surface area contributed by atoms with Crippen molar-refractivity contribution >= 4 is 5.91 Å². The molecule has 1 amide bonds. The van der Waals surface area contributed by atoms with Gasteiger partial charge in [-0.1, -0.05) is 13.8 Å². The molecule has 0 fully saturated rings. The van der Waals surface area contributed by atoms with Crippen molar-refractivity contribution in [3.63, 3.8) is 0 Å². The molecule has 78 valence electrons. The molecule has 0 aromatic carbocycles. The van der Waals surface area contributed by atoms with Crippen LogP contribution < -0.4 is 5.32 Å². The van der Waals surface area contributed by atoms with Crippen molar-refractivity contribution in [3.05, 3.63) is 0 Å². The lowest BCUT2D eigenvalue weighted by molar-refractivity contribution is -0.129. The third-order valence-electron chi connectivity index (χ3n) is 1.60. The highest BCUT2D eigenvalue weighted by Gasteiger charge is 2.13. The van der Waals surface area contributed by atoms with Gasteiger partial charge in [0, 0.05) is 6.54 Å². The summed E-state index contributed by atoms with van der Waals surface area (Å²) in [5.74, 6) is -0.0422. The lowest BCUT2D eigenvalue weighted by Crippen LogP contribution is -2.36. The Morgan fingerprint density at radius 1 is 1.54 bits per heavy atom. The fourth-order valence-electron chi connectivity index (χ4n) is 0.824. The third kappa shape index (κ3) is 6.51. The van der Waals surface area contributed by atoms with Gasteiger partial charge in [-0.2, -0.15) is 0 Å². The lowest BCUT2D eigenvalue weighted by Gasteiger charge is -2.11. The first kappa shape index (κ1) is 12.4. The molecule has 0 spiro atoms. The monoisotopic (exact) mass is 191 g/mol. The Morgan fingerprint density at radius 3 is 2.62 bits per heavy atom. The van der Waals surface area contributed by atoms with Crippen molar-refractivity contribution < 1.29 is 14.3 Å². The van der Waals surface area contributed by atoms with Crippen LogP contribution in [-0.4, -0.2) is 30.3 Å². The summed E-state index contributed by atoms with van der Waals surface area (Å²) in [5, 5.41) is 11.8. The number of amides is 1. The Labute approximate surface area is 78.3 Å². The molecule has 0 saturated carbocycles. The lowest BCUT2D eigenvalue weighted by atomic mass is 10.2. The second-order valence-corrected chi connectivity index (χ2v) is 3.49. The molecule has 0 heterocycles. The smallest absolute Gasteiger partial charge is 0.248 e. The first-order chi connectivity index (χ1) is 6.07. The summed E-state index contributed by atoms with van der Waals surface area (Å²) in [6.07, 6.45) is -0.633. The van der Waals surface area contributed by atoms with Gasteiger partial charge in [0.2, 0.25) is 5.91 Å². The molecule has 0 unspecified atom stereocenters. The number of hydrogen-bond acceptors (Lipinski definition) is 2. The molecule has 1 atom stereocenters. The number of rotatable bonds is 6. The van der Waals surface area contributed by atoms with E-state index in [1.165, 1.54) is 0 Å². The quantitative estimate of drug-likeness (QED) is 0.654. The van der Waals surface area contributed by atoms with Gasteiger partial charge in [0.25, 0.3) is 0 Å². The van der Waals surface area contributed by atoms with Crippen LogP contribution in [0.15, 0.2) is 0 Å². The van der Waals surface area contributed by atoms with Crippen LogP contribution in [0.25, 0.3) is 0 Å². The van der Waals surface area contributed by atoms with E-state index in [2.05, 4.69) is 5.32 Å². The van der Waals surface area contributed by atoms with Gasteiger partial charge in [0.1, 0.15) is 6.10 Å². The summed E-state index contributed by atoms with van der Waals surface area (Å²) in [7, 11) is 0. The average molecular weight is 191 g/mol. The normalized spacial score (nSPS) is 13.0. The molecule has 2 N–H and O–H groups in total. The van der Waals surface area contributed by atoms with E-state index in [1.807, 2.05) is 13.8 Å². The van der Waals surface area contributed by atoms with Crippen molar-refractivity contribution in [3.8, 4) is 0 Å². The summed E-state index contributed by atoms with van der Waals surface area (Å²) in [4.78, 5) is 11.1. The standard InChI is InChI=1S/C9H18FNO2/c1-7(2)6-11-9(13)8(12)4-3-5-10/h7-8,12H,3-6H2,1-2H3,(H,11,13)/t8-/m0/s1. The van der Waals surface area contributed by atoms with Gasteiger partial charge in [-0.3, -0.25) is 9.18 Å². The number of alkyl halides is 1. The number of aliphatic hydroxyl groups is 1. The maximum atomic E-state index is 11.7. The highest BCUT2D eigenvalue weighted by atomic mass is 19.1. The Balaban J connectivity index is 3.57. The predicted octanol–water partition coefficient (Wildman–Crippen LogP) is 0.869. The molecule has 0 bridgehead atoms. The predicted molar refractivity (Wildman–Crippen MR) is 49.1 cm³/mol. The molecule has 3 nitrogen and oxygen atoms in total. The number of hydrogen-bond donors (Lipinski definition) is 2. The first-order valence-corrected chi connectivity index (χ1v) is 4.59. The zero-order chi connectivity index (χ0) is 10.3. The van der Waals surface area contributed by atoms with E-state index in [0.717, 1.165) is 0 Å². The number of carbonyl (C=O) groups excluding carboxylic acids is 1. The van der Waals surface area contributed by atoms with Crippen molar-refractivity contribution in [1.82, 2.24) is 5.32 Å². The van der Waals surface area contributed by atoms with Crippen LogP contribution in [0.2, 0.25) is 0 Å². The van der Waals surface area contributed by atoms with Gasteiger partial charge >= 0.3 is 0 Å². The topological polar surface area (TPSA) is 49.3 Å². The summed E-state index contributed by atoms with van der Waals surface area (Å²) in [5.41, 5.74) is 0. The molecule has 0 radical (unpaired) electrons. The number of aliphatic hydroxyl groups excluding tert-OH is 1. The van der Waals surface area contributed by atoms with Gasteiger partial charge in [0.15, 0.2) is 0 Å². The van der Waals surface area contributed by atoms with Gasteiger partial charge in [0.05, 0.1) is 6.67 Å². The van der Waals surface area contributed by atoms with E-state index < -0.39 is 18.7 Å². The van der Waals surface area contributed by atoms with Crippen molar-refractivity contribution in [2.45, 2.75) is 32.8 Å². The van der Waals surface area contributed by atoms with E-state index in [0.29, 0.717) is 12.5 Å². The van der Waals surface area contributed by atoms with Crippen LogP contribution in [0.1, 0.15) is 26.7 Å². The number of nitrogens with one attached hydrogen (secondary N) is 1. The van der Waals surface area contributed by atoms with Gasteiger partial charge in [-0.25, -0.2) is 0 Å². The molecule has 4 heteroatoms. The van der Waals surface area contributed by atoms with E-state index in [-0.39, 0.29) is 12.8 Å². The van der Waals surface area contributed by atoms with Crippen LogP contribution in [0.5, 0.6) is 0 Å².